The second-order valence-electron chi connectivity index (χ2n) is 6.84. The van der Waals surface area contributed by atoms with E-state index in [0.29, 0.717) is 6.04 Å². The van der Waals surface area contributed by atoms with E-state index in [4.69, 9.17) is 9.72 Å². The Hall–Kier alpha value is -2.34. The summed E-state index contributed by atoms with van der Waals surface area (Å²) in [5.41, 5.74) is 4.52. The second kappa shape index (κ2) is 6.19. The summed E-state index contributed by atoms with van der Waals surface area (Å²) in [4.78, 5) is 7.35. The van der Waals surface area contributed by atoms with E-state index in [1.165, 1.54) is 17.5 Å². The lowest BCUT2D eigenvalue weighted by molar-refractivity contribution is 0.233. The standard InChI is InChI=1S/C19H25N5O/c1-13-18(19(25-4)23(3)21-13)16-10-7-11-24(16)12-17-20-14-8-5-6-9-15(14)22(17)2/h5-6,8-9,16H,7,10-12H2,1-4H3/t16-/m1/s1. The molecule has 0 N–H and O–H groups in total. The number of ether oxygens (including phenoxy) is 1. The van der Waals surface area contributed by atoms with Gasteiger partial charge in [-0.15, -0.1) is 0 Å². The van der Waals surface area contributed by atoms with Gasteiger partial charge in [-0.1, -0.05) is 12.1 Å². The van der Waals surface area contributed by atoms with Crippen LogP contribution in [0.1, 0.15) is 36.0 Å². The van der Waals surface area contributed by atoms with Gasteiger partial charge in [0.15, 0.2) is 0 Å². The maximum atomic E-state index is 5.63. The number of likely N-dealkylation sites (tertiary alicyclic amines) is 1. The summed E-state index contributed by atoms with van der Waals surface area (Å²) >= 11 is 0. The molecule has 25 heavy (non-hydrogen) atoms. The van der Waals surface area contributed by atoms with Crippen LogP contribution in [0.3, 0.4) is 0 Å². The molecule has 0 spiro atoms. The number of imidazole rings is 1. The number of hydrogen-bond donors (Lipinski definition) is 0. The van der Waals surface area contributed by atoms with Gasteiger partial charge in [0.1, 0.15) is 5.82 Å². The van der Waals surface area contributed by atoms with Crippen molar-refractivity contribution in [3.63, 3.8) is 0 Å². The summed E-state index contributed by atoms with van der Waals surface area (Å²) in [5, 5.41) is 4.56. The summed E-state index contributed by atoms with van der Waals surface area (Å²) in [6, 6.07) is 8.65. The molecule has 132 valence electrons. The van der Waals surface area contributed by atoms with E-state index < -0.39 is 0 Å². The number of methoxy groups -OCH3 is 1. The Morgan fingerprint density at radius 2 is 2.04 bits per heavy atom. The third kappa shape index (κ3) is 2.61. The number of aromatic nitrogens is 4. The van der Waals surface area contributed by atoms with Crippen molar-refractivity contribution < 1.29 is 4.74 Å². The first kappa shape index (κ1) is 16.1. The predicted molar refractivity (Wildman–Crippen MR) is 97.6 cm³/mol. The molecule has 4 rings (SSSR count). The van der Waals surface area contributed by atoms with Crippen LogP contribution in [0.2, 0.25) is 0 Å². The van der Waals surface area contributed by atoms with Crippen molar-refractivity contribution in [1.29, 1.82) is 0 Å². The molecule has 6 heteroatoms. The zero-order valence-electron chi connectivity index (χ0n) is 15.4. The number of para-hydroxylation sites is 2. The Morgan fingerprint density at radius 1 is 1.24 bits per heavy atom. The minimum Gasteiger partial charge on any atom is -0.481 e. The van der Waals surface area contributed by atoms with Gasteiger partial charge >= 0.3 is 0 Å². The molecule has 1 aromatic carbocycles. The van der Waals surface area contributed by atoms with E-state index in [9.17, 15) is 0 Å². The van der Waals surface area contributed by atoms with E-state index >= 15 is 0 Å². The first-order valence-electron chi connectivity index (χ1n) is 8.82. The molecule has 1 atom stereocenters. The third-order valence-electron chi connectivity index (χ3n) is 5.33. The van der Waals surface area contributed by atoms with Gasteiger partial charge in [-0.3, -0.25) is 4.90 Å². The molecule has 3 aromatic rings. The molecule has 0 amide bonds. The minimum absolute atomic E-state index is 0.337. The molecular weight excluding hydrogens is 314 g/mol. The number of fused-ring (bicyclic) bond motifs is 1. The Bertz CT molecular complexity index is 910. The smallest absolute Gasteiger partial charge is 0.216 e. The molecule has 0 aliphatic carbocycles. The second-order valence-corrected chi connectivity index (χ2v) is 6.84. The van der Waals surface area contributed by atoms with Crippen LogP contribution in [0.15, 0.2) is 24.3 Å². The van der Waals surface area contributed by atoms with Gasteiger partial charge in [0.05, 0.1) is 35.9 Å². The number of benzene rings is 1. The normalized spacial score (nSPS) is 18.3. The van der Waals surface area contributed by atoms with E-state index in [2.05, 4.69) is 46.7 Å². The van der Waals surface area contributed by atoms with Crippen molar-refractivity contribution in [3.8, 4) is 5.88 Å². The fourth-order valence-electron chi connectivity index (χ4n) is 4.14. The minimum atomic E-state index is 0.337. The fraction of sp³-hybridized carbons (Fsp3) is 0.474. The van der Waals surface area contributed by atoms with Crippen LogP contribution in [0, 0.1) is 6.92 Å². The molecular formula is C19H25N5O. The van der Waals surface area contributed by atoms with Gasteiger partial charge in [-0.25, -0.2) is 9.67 Å². The first-order chi connectivity index (χ1) is 12.1. The topological polar surface area (TPSA) is 48.1 Å². The zero-order valence-corrected chi connectivity index (χ0v) is 15.4. The Labute approximate surface area is 148 Å². The number of rotatable bonds is 4. The largest absolute Gasteiger partial charge is 0.481 e. The SMILES string of the molecule is COc1c([C@H]2CCCN2Cc2nc3ccccc3n2C)c(C)nn1C. The molecule has 0 bridgehead atoms. The van der Waals surface area contributed by atoms with E-state index in [1.54, 1.807) is 7.11 Å². The van der Waals surface area contributed by atoms with Crippen LogP contribution in [0.4, 0.5) is 0 Å². The number of aryl methyl sites for hydroxylation is 3. The molecule has 3 heterocycles. The van der Waals surface area contributed by atoms with Gasteiger partial charge in [0, 0.05) is 20.1 Å². The highest BCUT2D eigenvalue weighted by Crippen LogP contribution is 2.39. The average Bonchev–Trinajstić information content (AvgIpc) is 3.25. The zero-order chi connectivity index (χ0) is 17.6. The summed E-state index contributed by atoms with van der Waals surface area (Å²) in [6.45, 7) is 3.99. The van der Waals surface area contributed by atoms with Gasteiger partial charge in [-0.05, 0) is 38.4 Å². The highest BCUT2D eigenvalue weighted by molar-refractivity contribution is 5.75. The lowest BCUT2D eigenvalue weighted by atomic mass is 10.1. The lowest BCUT2D eigenvalue weighted by Crippen LogP contribution is -2.25. The van der Waals surface area contributed by atoms with Crippen molar-refractivity contribution >= 4 is 11.0 Å². The molecule has 2 aromatic heterocycles. The first-order valence-corrected chi connectivity index (χ1v) is 8.82. The Kier molecular flexibility index (Phi) is 4.00. The van der Waals surface area contributed by atoms with Crippen molar-refractivity contribution in [1.82, 2.24) is 24.2 Å². The average molecular weight is 339 g/mol. The van der Waals surface area contributed by atoms with Crippen LogP contribution in [-0.4, -0.2) is 37.9 Å². The monoisotopic (exact) mass is 339 g/mol. The fourth-order valence-corrected chi connectivity index (χ4v) is 4.14. The van der Waals surface area contributed by atoms with E-state index in [-0.39, 0.29) is 0 Å². The van der Waals surface area contributed by atoms with Crippen LogP contribution >= 0.6 is 0 Å². The molecule has 1 fully saturated rings. The van der Waals surface area contributed by atoms with Gasteiger partial charge in [0.25, 0.3) is 0 Å². The highest BCUT2D eigenvalue weighted by Gasteiger charge is 2.32. The summed E-state index contributed by atoms with van der Waals surface area (Å²) in [7, 11) is 5.77. The molecule has 0 unspecified atom stereocenters. The summed E-state index contributed by atoms with van der Waals surface area (Å²) in [5.74, 6) is 1.98. The number of nitrogens with zero attached hydrogens (tertiary/aromatic N) is 5. The van der Waals surface area contributed by atoms with Crippen LogP contribution in [-0.2, 0) is 20.6 Å². The quantitative estimate of drug-likeness (QED) is 0.733. The molecule has 6 nitrogen and oxygen atoms in total. The van der Waals surface area contributed by atoms with Crippen molar-refractivity contribution in [2.75, 3.05) is 13.7 Å². The van der Waals surface area contributed by atoms with Crippen molar-refractivity contribution in [2.24, 2.45) is 14.1 Å². The predicted octanol–water partition coefficient (Wildman–Crippen LogP) is 2.96. The molecule has 0 radical (unpaired) electrons. The van der Waals surface area contributed by atoms with E-state index in [0.717, 1.165) is 42.4 Å². The van der Waals surface area contributed by atoms with Gasteiger partial charge < -0.3 is 9.30 Å². The third-order valence-corrected chi connectivity index (χ3v) is 5.33. The summed E-state index contributed by atoms with van der Waals surface area (Å²) in [6.07, 6.45) is 2.32. The number of hydrogen-bond acceptors (Lipinski definition) is 4. The maximum absolute atomic E-state index is 5.63. The molecule has 1 aliphatic rings. The van der Waals surface area contributed by atoms with Gasteiger partial charge in [-0.2, -0.15) is 5.10 Å². The van der Waals surface area contributed by atoms with Crippen LogP contribution in [0.25, 0.3) is 11.0 Å². The van der Waals surface area contributed by atoms with Gasteiger partial charge in [0.2, 0.25) is 5.88 Å². The highest BCUT2D eigenvalue weighted by atomic mass is 16.5. The van der Waals surface area contributed by atoms with E-state index in [1.807, 2.05) is 17.8 Å². The molecule has 1 aliphatic heterocycles. The Balaban J connectivity index is 1.67. The molecule has 1 saturated heterocycles. The Morgan fingerprint density at radius 3 is 2.80 bits per heavy atom. The molecule has 0 saturated carbocycles. The summed E-state index contributed by atoms with van der Waals surface area (Å²) < 4.78 is 9.68. The van der Waals surface area contributed by atoms with Crippen LogP contribution < -0.4 is 4.74 Å². The van der Waals surface area contributed by atoms with Crippen molar-refractivity contribution in [3.05, 3.63) is 41.3 Å². The van der Waals surface area contributed by atoms with Crippen molar-refractivity contribution in [2.45, 2.75) is 32.4 Å². The van der Waals surface area contributed by atoms with Crippen LogP contribution in [0.5, 0.6) is 5.88 Å². The maximum Gasteiger partial charge on any atom is 0.216 e. The lowest BCUT2D eigenvalue weighted by Gasteiger charge is -2.24.